The lowest BCUT2D eigenvalue weighted by Gasteiger charge is -2.18. The highest BCUT2D eigenvalue weighted by atomic mass is 16.6. The van der Waals surface area contributed by atoms with E-state index in [1.807, 2.05) is 0 Å². The van der Waals surface area contributed by atoms with Crippen LogP contribution in [0, 0.1) is 17.8 Å². The zero-order valence-electron chi connectivity index (χ0n) is 38.4. The molecule has 0 N–H and O–H groups in total. The van der Waals surface area contributed by atoms with Crippen molar-refractivity contribution in [2.24, 2.45) is 17.8 Å². The average Bonchev–Trinajstić information content (AvgIpc) is 3.16. The Bertz CT molecular complexity index is 870. The number of carbonyl (C=O) groups is 3. The van der Waals surface area contributed by atoms with Gasteiger partial charge < -0.3 is 14.2 Å². The van der Waals surface area contributed by atoms with Crippen LogP contribution in [0.4, 0.5) is 0 Å². The Morgan fingerprint density at radius 3 is 0.929 bits per heavy atom. The van der Waals surface area contributed by atoms with Gasteiger partial charge in [0, 0.05) is 19.3 Å². The number of hydrogen-bond donors (Lipinski definition) is 0. The summed E-state index contributed by atoms with van der Waals surface area (Å²) in [6.07, 6.45) is 39.5. The first-order valence-corrected chi connectivity index (χ1v) is 24.6. The number of hydrogen-bond acceptors (Lipinski definition) is 6. The van der Waals surface area contributed by atoms with Crippen LogP contribution in [0.15, 0.2) is 0 Å². The molecule has 1 unspecified atom stereocenters. The van der Waals surface area contributed by atoms with E-state index >= 15 is 0 Å². The van der Waals surface area contributed by atoms with Crippen molar-refractivity contribution in [3.8, 4) is 0 Å². The quantitative estimate of drug-likeness (QED) is 0.0348. The molecule has 0 fully saturated rings. The van der Waals surface area contributed by atoms with Crippen LogP contribution in [-0.4, -0.2) is 37.2 Å². The van der Waals surface area contributed by atoms with E-state index in [9.17, 15) is 14.4 Å². The molecule has 332 valence electrons. The van der Waals surface area contributed by atoms with Gasteiger partial charge in [0.25, 0.3) is 0 Å². The van der Waals surface area contributed by atoms with E-state index in [-0.39, 0.29) is 31.1 Å². The maximum absolute atomic E-state index is 12.8. The molecule has 0 rings (SSSR count). The highest BCUT2D eigenvalue weighted by Gasteiger charge is 2.19. The summed E-state index contributed by atoms with van der Waals surface area (Å²) in [5, 5.41) is 0. The van der Waals surface area contributed by atoms with E-state index in [0.717, 1.165) is 75.5 Å². The summed E-state index contributed by atoms with van der Waals surface area (Å²) in [5.74, 6) is 1.61. The zero-order valence-corrected chi connectivity index (χ0v) is 38.4. The van der Waals surface area contributed by atoms with Gasteiger partial charge in [0.2, 0.25) is 0 Å². The highest BCUT2D eigenvalue weighted by molar-refractivity contribution is 5.71. The third-order valence-electron chi connectivity index (χ3n) is 11.5. The van der Waals surface area contributed by atoms with E-state index in [1.54, 1.807) is 0 Å². The fourth-order valence-electron chi connectivity index (χ4n) is 7.38. The van der Waals surface area contributed by atoms with E-state index in [1.165, 1.54) is 148 Å². The Labute approximate surface area is 348 Å². The molecule has 6 heteroatoms. The first-order valence-electron chi connectivity index (χ1n) is 24.6. The molecule has 0 bridgehead atoms. The third-order valence-corrected chi connectivity index (χ3v) is 11.5. The van der Waals surface area contributed by atoms with Gasteiger partial charge in [0.05, 0.1) is 0 Å². The van der Waals surface area contributed by atoms with E-state index < -0.39 is 6.10 Å². The Morgan fingerprint density at radius 2 is 0.625 bits per heavy atom. The average molecular weight is 793 g/mol. The number of ether oxygens (including phenoxy) is 3. The molecule has 0 spiro atoms. The van der Waals surface area contributed by atoms with E-state index in [0.29, 0.717) is 19.3 Å². The van der Waals surface area contributed by atoms with Gasteiger partial charge in [0.15, 0.2) is 6.10 Å². The molecular weight excluding hydrogens is 697 g/mol. The minimum atomic E-state index is -0.763. The molecule has 0 amide bonds. The molecule has 6 nitrogen and oxygen atoms in total. The van der Waals surface area contributed by atoms with E-state index in [2.05, 4.69) is 41.5 Å². The van der Waals surface area contributed by atoms with Crippen molar-refractivity contribution in [3.05, 3.63) is 0 Å². The van der Waals surface area contributed by atoms with Crippen LogP contribution in [0.1, 0.15) is 266 Å². The van der Waals surface area contributed by atoms with Crippen molar-refractivity contribution in [2.45, 2.75) is 272 Å². The second kappa shape index (κ2) is 41.6. The van der Waals surface area contributed by atoms with Gasteiger partial charge in [-0.1, -0.05) is 228 Å². The van der Waals surface area contributed by atoms with Crippen LogP contribution in [0.25, 0.3) is 0 Å². The normalized spacial score (nSPS) is 12.6. The van der Waals surface area contributed by atoms with Crippen LogP contribution in [-0.2, 0) is 28.6 Å². The summed E-state index contributed by atoms with van der Waals surface area (Å²) >= 11 is 0. The molecule has 0 aliphatic rings. The van der Waals surface area contributed by atoms with Crippen LogP contribution in [0.5, 0.6) is 0 Å². The van der Waals surface area contributed by atoms with Gasteiger partial charge in [-0.3, -0.25) is 14.4 Å². The van der Waals surface area contributed by atoms with Crippen LogP contribution in [0.2, 0.25) is 0 Å². The molecule has 0 aliphatic heterocycles. The summed E-state index contributed by atoms with van der Waals surface area (Å²) in [7, 11) is 0. The fourth-order valence-corrected chi connectivity index (χ4v) is 7.38. The summed E-state index contributed by atoms with van der Waals surface area (Å²) in [6.45, 7) is 13.7. The molecule has 2 atom stereocenters. The second-order valence-corrected chi connectivity index (χ2v) is 18.3. The lowest BCUT2D eigenvalue weighted by Crippen LogP contribution is -2.30. The molecule has 0 aromatic carbocycles. The van der Waals surface area contributed by atoms with Crippen LogP contribution in [0.3, 0.4) is 0 Å². The third kappa shape index (κ3) is 42.0. The largest absolute Gasteiger partial charge is 0.462 e. The smallest absolute Gasteiger partial charge is 0.306 e. The van der Waals surface area contributed by atoms with Gasteiger partial charge in [0.1, 0.15) is 13.2 Å². The standard InChI is InChI=1S/C50H96O6/c1-7-46(6)38-32-26-22-23-28-34-40-49(52)55-43-47(56-50(53)41-35-29-21-17-13-9-11-15-19-25-31-37-45(4)5)42-54-48(51)39-33-27-20-16-12-8-10-14-18-24-30-36-44(2)3/h44-47H,7-43H2,1-6H3/t46?,47-/m0/s1. The fraction of sp³-hybridized carbons (Fsp3) is 0.940. The second-order valence-electron chi connectivity index (χ2n) is 18.3. The maximum atomic E-state index is 12.8. The van der Waals surface area contributed by atoms with Crippen molar-refractivity contribution < 1.29 is 28.6 Å². The van der Waals surface area contributed by atoms with Crippen molar-refractivity contribution in [1.29, 1.82) is 0 Å². The summed E-state index contributed by atoms with van der Waals surface area (Å²) in [6, 6.07) is 0. The molecule has 0 aromatic heterocycles. The van der Waals surface area contributed by atoms with Crippen LogP contribution >= 0.6 is 0 Å². The number of esters is 3. The maximum Gasteiger partial charge on any atom is 0.306 e. The van der Waals surface area contributed by atoms with Crippen molar-refractivity contribution in [2.75, 3.05) is 13.2 Å². The van der Waals surface area contributed by atoms with Gasteiger partial charge in [-0.2, -0.15) is 0 Å². The minimum Gasteiger partial charge on any atom is -0.462 e. The van der Waals surface area contributed by atoms with Gasteiger partial charge in [-0.05, 0) is 37.0 Å². The molecule has 0 radical (unpaired) electrons. The molecule has 0 saturated heterocycles. The molecule has 56 heavy (non-hydrogen) atoms. The monoisotopic (exact) mass is 793 g/mol. The number of rotatable bonds is 43. The highest BCUT2D eigenvalue weighted by Crippen LogP contribution is 2.18. The molecule has 0 heterocycles. The number of unbranched alkanes of at least 4 members (excludes halogenated alkanes) is 25. The predicted octanol–water partition coefficient (Wildman–Crippen LogP) is 15.6. The van der Waals surface area contributed by atoms with Gasteiger partial charge in [-0.15, -0.1) is 0 Å². The predicted molar refractivity (Wildman–Crippen MR) is 238 cm³/mol. The van der Waals surface area contributed by atoms with E-state index in [4.69, 9.17) is 14.2 Å². The SMILES string of the molecule is CCC(C)CCCCCCCCC(=O)OC[C@H](COC(=O)CCCCCCCCCCCCCC(C)C)OC(=O)CCCCCCCCCCCCCC(C)C. The zero-order chi connectivity index (χ0) is 41.3. The Kier molecular flexibility index (Phi) is 40.4. The first kappa shape index (κ1) is 54.4. The molecular formula is C50H96O6. The van der Waals surface area contributed by atoms with Gasteiger partial charge >= 0.3 is 17.9 Å². The Balaban J connectivity index is 4.33. The topological polar surface area (TPSA) is 78.9 Å². The summed E-state index contributed by atoms with van der Waals surface area (Å²) < 4.78 is 16.8. The number of carbonyl (C=O) groups excluding carboxylic acids is 3. The lowest BCUT2D eigenvalue weighted by atomic mass is 10.00. The summed E-state index contributed by atoms with van der Waals surface area (Å²) in [5.41, 5.74) is 0. The Morgan fingerprint density at radius 1 is 0.357 bits per heavy atom. The first-order chi connectivity index (χ1) is 27.1. The summed E-state index contributed by atoms with van der Waals surface area (Å²) in [4.78, 5) is 37.8. The molecule has 0 saturated carbocycles. The molecule has 0 aliphatic carbocycles. The van der Waals surface area contributed by atoms with Crippen LogP contribution < -0.4 is 0 Å². The minimum absolute atomic E-state index is 0.0658. The van der Waals surface area contributed by atoms with Crippen molar-refractivity contribution in [1.82, 2.24) is 0 Å². The Hall–Kier alpha value is -1.59. The van der Waals surface area contributed by atoms with Crippen molar-refractivity contribution >= 4 is 17.9 Å². The lowest BCUT2D eigenvalue weighted by molar-refractivity contribution is -0.167. The molecule has 0 aromatic rings. The van der Waals surface area contributed by atoms with Crippen molar-refractivity contribution in [3.63, 3.8) is 0 Å². The van der Waals surface area contributed by atoms with Gasteiger partial charge in [-0.25, -0.2) is 0 Å².